The lowest BCUT2D eigenvalue weighted by Crippen LogP contribution is -2.42. The number of esters is 1. The molecule has 0 radical (unpaired) electrons. The maximum absolute atomic E-state index is 11.9. The van der Waals surface area contributed by atoms with Crippen LogP contribution in [0.3, 0.4) is 0 Å². The summed E-state index contributed by atoms with van der Waals surface area (Å²) in [5, 5.41) is 2.79. The Morgan fingerprint density at radius 2 is 1.68 bits per heavy atom. The van der Waals surface area contributed by atoms with E-state index in [1.54, 1.807) is 0 Å². The van der Waals surface area contributed by atoms with Gasteiger partial charge in [-0.3, -0.25) is 4.79 Å². The van der Waals surface area contributed by atoms with E-state index in [0.717, 1.165) is 25.7 Å². The molecule has 1 amide bonds. The maximum Gasteiger partial charge on any atom is 0.328 e. The van der Waals surface area contributed by atoms with E-state index in [1.807, 2.05) is 19.9 Å². The van der Waals surface area contributed by atoms with Crippen LogP contribution in [0.15, 0.2) is 12.7 Å². The molecule has 1 atom stereocenters. The van der Waals surface area contributed by atoms with Gasteiger partial charge in [-0.05, 0) is 31.6 Å². The number of allylic oxidation sites excluding steroid dienone is 1. The van der Waals surface area contributed by atoms with Crippen molar-refractivity contribution in [2.24, 2.45) is 5.92 Å². The zero-order chi connectivity index (χ0) is 16.8. The Balaban J connectivity index is 3.81. The van der Waals surface area contributed by atoms with Crippen molar-refractivity contribution in [3.05, 3.63) is 12.7 Å². The summed E-state index contributed by atoms with van der Waals surface area (Å²) in [5.74, 6) is -0.0769. The first kappa shape index (κ1) is 20.7. The van der Waals surface area contributed by atoms with Gasteiger partial charge in [0.1, 0.15) is 6.04 Å². The van der Waals surface area contributed by atoms with Crippen molar-refractivity contribution in [2.75, 3.05) is 7.11 Å². The van der Waals surface area contributed by atoms with Crippen molar-refractivity contribution in [2.45, 2.75) is 77.7 Å². The van der Waals surface area contributed by atoms with Crippen LogP contribution in [0, 0.1) is 5.92 Å². The normalized spacial score (nSPS) is 12.0. The van der Waals surface area contributed by atoms with Gasteiger partial charge in [0.05, 0.1) is 7.11 Å². The van der Waals surface area contributed by atoms with Gasteiger partial charge in [0.25, 0.3) is 0 Å². The number of carbonyl (C=O) groups is 2. The molecule has 22 heavy (non-hydrogen) atoms. The van der Waals surface area contributed by atoms with Crippen molar-refractivity contribution in [3.63, 3.8) is 0 Å². The maximum atomic E-state index is 11.9. The fourth-order valence-electron chi connectivity index (χ4n) is 2.38. The second-order valence-corrected chi connectivity index (χ2v) is 6.22. The zero-order valence-corrected chi connectivity index (χ0v) is 14.5. The lowest BCUT2D eigenvalue weighted by molar-refractivity contribution is -0.145. The minimum Gasteiger partial charge on any atom is -0.467 e. The molecule has 1 N–H and O–H groups in total. The van der Waals surface area contributed by atoms with Gasteiger partial charge in [0.2, 0.25) is 5.91 Å². The number of methoxy groups -OCH3 is 1. The summed E-state index contributed by atoms with van der Waals surface area (Å²) in [6.07, 6.45) is 10.9. The molecular formula is C18H33NO3. The Morgan fingerprint density at radius 1 is 1.09 bits per heavy atom. The Kier molecular flexibility index (Phi) is 12.5. The highest BCUT2D eigenvalue weighted by atomic mass is 16.5. The molecule has 0 spiro atoms. The van der Waals surface area contributed by atoms with Gasteiger partial charge in [-0.15, -0.1) is 6.58 Å². The first-order chi connectivity index (χ1) is 10.5. The van der Waals surface area contributed by atoms with Gasteiger partial charge in [-0.25, -0.2) is 4.79 Å². The quantitative estimate of drug-likeness (QED) is 0.318. The molecule has 4 nitrogen and oxygen atoms in total. The Bertz CT molecular complexity index is 326. The van der Waals surface area contributed by atoms with Crippen LogP contribution in [0.4, 0.5) is 0 Å². The van der Waals surface area contributed by atoms with Gasteiger partial charge < -0.3 is 10.1 Å². The summed E-state index contributed by atoms with van der Waals surface area (Å²) in [5.41, 5.74) is 0. The van der Waals surface area contributed by atoms with Crippen LogP contribution in [0.25, 0.3) is 0 Å². The summed E-state index contributed by atoms with van der Waals surface area (Å²) in [6, 6.07) is -0.517. The second kappa shape index (κ2) is 13.4. The van der Waals surface area contributed by atoms with Crippen molar-refractivity contribution in [3.8, 4) is 0 Å². The fraction of sp³-hybridized carbons (Fsp3) is 0.778. The summed E-state index contributed by atoms with van der Waals surface area (Å²) in [6.45, 7) is 7.75. The van der Waals surface area contributed by atoms with E-state index in [4.69, 9.17) is 4.74 Å². The third-order valence-electron chi connectivity index (χ3n) is 3.59. The van der Waals surface area contributed by atoms with Crippen LogP contribution in [0.1, 0.15) is 71.6 Å². The van der Waals surface area contributed by atoms with Crippen LogP contribution in [0.5, 0.6) is 0 Å². The number of ether oxygens (including phenoxy) is 1. The van der Waals surface area contributed by atoms with Crippen LogP contribution in [0.2, 0.25) is 0 Å². The third kappa shape index (κ3) is 11.4. The molecule has 0 aliphatic carbocycles. The summed E-state index contributed by atoms with van der Waals surface area (Å²) >= 11 is 0. The molecule has 128 valence electrons. The molecule has 0 fully saturated rings. The lowest BCUT2D eigenvalue weighted by atomic mass is 10.0. The van der Waals surface area contributed by atoms with Gasteiger partial charge >= 0.3 is 5.97 Å². The van der Waals surface area contributed by atoms with E-state index in [2.05, 4.69) is 11.9 Å². The predicted octanol–water partition coefficient (Wildman–Crippen LogP) is 4.00. The molecule has 1 unspecified atom stereocenters. The van der Waals surface area contributed by atoms with Crippen molar-refractivity contribution in [1.82, 2.24) is 5.32 Å². The average Bonchev–Trinajstić information content (AvgIpc) is 2.48. The van der Waals surface area contributed by atoms with Gasteiger partial charge in [0, 0.05) is 6.42 Å². The van der Waals surface area contributed by atoms with Gasteiger partial charge in [-0.2, -0.15) is 0 Å². The molecule has 0 rings (SSSR count). The van der Waals surface area contributed by atoms with E-state index < -0.39 is 6.04 Å². The van der Waals surface area contributed by atoms with E-state index in [0.29, 0.717) is 18.8 Å². The Labute approximate surface area is 135 Å². The number of hydrogen-bond donors (Lipinski definition) is 1. The molecule has 0 aromatic carbocycles. The van der Waals surface area contributed by atoms with Crippen LogP contribution < -0.4 is 5.32 Å². The van der Waals surface area contributed by atoms with Crippen LogP contribution >= 0.6 is 0 Å². The summed E-state index contributed by atoms with van der Waals surface area (Å²) in [4.78, 5) is 23.5. The second-order valence-electron chi connectivity index (χ2n) is 6.22. The van der Waals surface area contributed by atoms with E-state index in [9.17, 15) is 9.59 Å². The number of rotatable bonds is 13. The van der Waals surface area contributed by atoms with Gasteiger partial charge in [-0.1, -0.05) is 45.6 Å². The minimum atomic E-state index is -0.517. The highest BCUT2D eigenvalue weighted by molar-refractivity contribution is 5.84. The SMILES string of the molecule is C=CCCCCCCCCC(=O)NC(CC(C)C)C(=O)OC. The summed E-state index contributed by atoms with van der Waals surface area (Å²) < 4.78 is 4.74. The van der Waals surface area contributed by atoms with Crippen LogP contribution in [-0.2, 0) is 14.3 Å². The van der Waals surface area contributed by atoms with Crippen LogP contribution in [-0.4, -0.2) is 25.0 Å². The monoisotopic (exact) mass is 311 g/mol. The number of amides is 1. The molecule has 0 heterocycles. The molecule has 0 aromatic rings. The average molecular weight is 311 g/mol. The van der Waals surface area contributed by atoms with Crippen molar-refractivity contribution >= 4 is 11.9 Å². The van der Waals surface area contributed by atoms with Crippen molar-refractivity contribution in [1.29, 1.82) is 0 Å². The molecule has 0 saturated carbocycles. The first-order valence-corrected chi connectivity index (χ1v) is 8.49. The molecular weight excluding hydrogens is 278 g/mol. The number of unbranched alkanes of at least 4 members (excludes halogenated alkanes) is 6. The van der Waals surface area contributed by atoms with Gasteiger partial charge in [0.15, 0.2) is 0 Å². The fourth-order valence-corrected chi connectivity index (χ4v) is 2.38. The number of hydrogen-bond acceptors (Lipinski definition) is 3. The molecule has 0 saturated heterocycles. The highest BCUT2D eigenvalue weighted by Crippen LogP contribution is 2.10. The Hall–Kier alpha value is -1.32. The summed E-state index contributed by atoms with van der Waals surface area (Å²) in [7, 11) is 1.36. The topological polar surface area (TPSA) is 55.4 Å². The number of nitrogens with one attached hydrogen (secondary N) is 1. The zero-order valence-electron chi connectivity index (χ0n) is 14.5. The largest absolute Gasteiger partial charge is 0.467 e. The van der Waals surface area contributed by atoms with Crippen molar-refractivity contribution < 1.29 is 14.3 Å². The molecule has 0 bridgehead atoms. The highest BCUT2D eigenvalue weighted by Gasteiger charge is 2.22. The molecule has 0 aliphatic rings. The molecule has 0 aliphatic heterocycles. The minimum absolute atomic E-state index is 0.0530. The predicted molar refractivity (Wildman–Crippen MR) is 90.5 cm³/mol. The standard InChI is InChI=1S/C18H33NO3/c1-5-6-7-8-9-10-11-12-13-17(20)19-16(14-15(2)3)18(21)22-4/h5,15-16H,1,6-14H2,2-4H3,(H,19,20). The molecule has 4 heteroatoms. The van der Waals surface area contributed by atoms with E-state index in [1.165, 1.54) is 26.4 Å². The first-order valence-electron chi connectivity index (χ1n) is 8.49. The van der Waals surface area contributed by atoms with E-state index >= 15 is 0 Å². The lowest BCUT2D eigenvalue weighted by Gasteiger charge is -2.18. The molecule has 0 aromatic heterocycles. The Morgan fingerprint density at radius 3 is 2.23 bits per heavy atom. The van der Waals surface area contributed by atoms with E-state index in [-0.39, 0.29) is 11.9 Å². The smallest absolute Gasteiger partial charge is 0.328 e. The third-order valence-corrected chi connectivity index (χ3v) is 3.59. The number of carbonyl (C=O) groups excluding carboxylic acids is 2.